The molecule has 0 saturated heterocycles. The Morgan fingerprint density at radius 1 is 1.59 bits per heavy atom. The van der Waals surface area contributed by atoms with Crippen molar-refractivity contribution >= 4 is 22.9 Å². The monoisotopic (exact) mass is 253 g/mol. The molecule has 0 aliphatic heterocycles. The summed E-state index contributed by atoms with van der Waals surface area (Å²) in [7, 11) is 0. The maximum Gasteiger partial charge on any atom is 0.106 e. The molecule has 0 unspecified atom stereocenters. The largest absolute Gasteiger partial charge is 0.396 e. The fourth-order valence-electron chi connectivity index (χ4n) is 1.72. The van der Waals surface area contributed by atoms with E-state index in [0.717, 1.165) is 17.8 Å². The van der Waals surface area contributed by atoms with Gasteiger partial charge in [0, 0.05) is 31.0 Å². The van der Waals surface area contributed by atoms with Gasteiger partial charge >= 0.3 is 0 Å². The lowest BCUT2D eigenvalue weighted by molar-refractivity contribution is 0.288. The van der Waals surface area contributed by atoms with Crippen molar-refractivity contribution in [3.8, 4) is 0 Å². The van der Waals surface area contributed by atoms with Crippen molar-refractivity contribution in [1.82, 2.24) is 4.98 Å². The van der Waals surface area contributed by atoms with Crippen LogP contribution in [0, 0.1) is 0 Å². The fourth-order valence-corrected chi connectivity index (χ4v) is 1.89. The van der Waals surface area contributed by atoms with Gasteiger partial charge in [-0.1, -0.05) is 12.2 Å². The highest BCUT2D eigenvalue weighted by molar-refractivity contribution is 7.80. The Morgan fingerprint density at radius 2 is 2.29 bits per heavy atom. The summed E-state index contributed by atoms with van der Waals surface area (Å²) in [4.78, 5) is 6.64. The predicted molar refractivity (Wildman–Crippen MR) is 74.3 cm³/mol. The van der Waals surface area contributed by atoms with E-state index in [-0.39, 0.29) is 6.61 Å². The van der Waals surface area contributed by atoms with Gasteiger partial charge in [-0.05, 0) is 26.3 Å². The predicted octanol–water partition coefficient (Wildman–Crippen LogP) is 1.31. The minimum absolute atomic E-state index is 0.173. The van der Waals surface area contributed by atoms with E-state index in [9.17, 15) is 0 Å². The molecule has 0 atom stereocenters. The molecule has 4 nitrogen and oxygen atoms in total. The van der Waals surface area contributed by atoms with Crippen LogP contribution in [0.4, 0.5) is 5.69 Å². The summed E-state index contributed by atoms with van der Waals surface area (Å²) in [6.45, 7) is 5.11. The maximum atomic E-state index is 8.93. The molecule has 3 N–H and O–H groups in total. The van der Waals surface area contributed by atoms with E-state index in [1.54, 1.807) is 12.4 Å². The second-order valence-electron chi connectivity index (χ2n) is 4.12. The Hall–Kier alpha value is -1.20. The maximum absolute atomic E-state index is 8.93. The van der Waals surface area contributed by atoms with E-state index in [2.05, 4.69) is 23.7 Å². The molecular weight excluding hydrogens is 234 g/mol. The number of nitrogens with zero attached hydrogens (tertiary/aromatic N) is 2. The first-order chi connectivity index (χ1) is 8.07. The van der Waals surface area contributed by atoms with Crippen LogP contribution in [0.25, 0.3) is 0 Å². The van der Waals surface area contributed by atoms with Crippen LogP contribution in [0.3, 0.4) is 0 Å². The third-order valence-electron chi connectivity index (χ3n) is 2.56. The van der Waals surface area contributed by atoms with Crippen molar-refractivity contribution in [3.63, 3.8) is 0 Å². The first-order valence-corrected chi connectivity index (χ1v) is 6.10. The van der Waals surface area contributed by atoms with E-state index in [4.69, 9.17) is 23.1 Å². The van der Waals surface area contributed by atoms with Crippen molar-refractivity contribution in [3.05, 3.63) is 24.0 Å². The Balaban J connectivity index is 3.04. The molecule has 1 rings (SSSR count). The van der Waals surface area contributed by atoms with Crippen LogP contribution in [0.1, 0.15) is 25.8 Å². The smallest absolute Gasteiger partial charge is 0.106 e. The van der Waals surface area contributed by atoms with Crippen molar-refractivity contribution in [2.24, 2.45) is 5.73 Å². The van der Waals surface area contributed by atoms with Gasteiger partial charge in [-0.2, -0.15) is 0 Å². The summed E-state index contributed by atoms with van der Waals surface area (Å²) >= 11 is 5.04. The lowest BCUT2D eigenvalue weighted by Crippen LogP contribution is -2.34. The van der Waals surface area contributed by atoms with Crippen molar-refractivity contribution in [2.45, 2.75) is 26.3 Å². The highest BCUT2D eigenvalue weighted by Crippen LogP contribution is 2.21. The number of rotatable bonds is 6. The van der Waals surface area contributed by atoms with E-state index in [0.29, 0.717) is 17.5 Å². The van der Waals surface area contributed by atoms with Gasteiger partial charge in [0.15, 0.2) is 0 Å². The molecule has 0 amide bonds. The highest BCUT2D eigenvalue weighted by Gasteiger charge is 2.15. The number of aliphatic hydroxyl groups excluding tert-OH is 1. The molecule has 1 aromatic rings. The number of hydrogen-bond donors (Lipinski definition) is 2. The molecule has 0 fully saturated rings. The zero-order valence-electron chi connectivity index (χ0n) is 10.3. The van der Waals surface area contributed by atoms with Gasteiger partial charge < -0.3 is 15.7 Å². The van der Waals surface area contributed by atoms with E-state index in [1.165, 1.54) is 0 Å². The van der Waals surface area contributed by atoms with Gasteiger partial charge in [0.1, 0.15) is 4.99 Å². The lowest BCUT2D eigenvalue weighted by Gasteiger charge is -2.30. The minimum Gasteiger partial charge on any atom is -0.396 e. The van der Waals surface area contributed by atoms with Crippen LogP contribution in [0.5, 0.6) is 0 Å². The Labute approximate surface area is 107 Å². The summed E-state index contributed by atoms with van der Waals surface area (Å²) in [5.74, 6) is 0. The third kappa shape index (κ3) is 3.64. The normalized spacial score (nSPS) is 10.6. The molecule has 94 valence electrons. The molecule has 0 aliphatic rings. The summed E-state index contributed by atoms with van der Waals surface area (Å²) in [5.41, 5.74) is 7.48. The second kappa shape index (κ2) is 6.51. The zero-order chi connectivity index (χ0) is 12.8. The molecule has 5 heteroatoms. The molecule has 0 radical (unpaired) electrons. The van der Waals surface area contributed by atoms with Gasteiger partial charge in [0.05, 0.1) is 11.9 Å². The number of nitrogens with two attached hydrogens (primary N) is 1. The van der Waals surface area contributed by atoms with Crippen LogP contribution in [-0.4, -0.2) is 34.3 Å². The average Bonchev–Trinajstić information content (AvgIpc) is 2.29. The minimum atomic E-state index is 0.173. The number of hydrogen-bond acceptors (Lipinski definition) is 4. The standard InChI is InChI=1S/C12H19N3OS/c1-9(2)15(6-3-7-16)11-8-14-5-4-10(11)12(13)17/h4-5,8-9,16H,3,6-7H2,1-2H3,(H2,13,17). The molecule has 0 saturated carbocycles. The van der Waals surface area contributed by atoms with Gasteiger partial charge in [-0.15, -0.1) is 0 Å². The number of pyridine rings is 1. The van der Waals surface area contributed by atoms with Crippen LogP contribution < -0.4 is 10.6 Å². The molecule has 0 spiro atoms. The van der Waals surface area contributed by atoms with Crippen molar-refractivity contribution in [2.75, 3.05) is 18.1 Å². The second-order valence-corrected chi connectivity index (χ2v) is 4.56. The molecule has 0 aromatic carbocycles. The summed E-state index contributed by atoms with van der Waals surface area (Å²) in [5, 5.41) is 8.93. The van der Waals surface area contributed by atoms with Crippen molar-refractivity contribution in [1.29, 1.82) is 0 Å². The first-order valence-electron chi connectivity index (χ1n) is 5.69. The Kier molecular flexibility index (Phi) is 5.31. The van der Waals surface area contributed by atoms with Gasteiger partial charge in [0.25, 0.3) is 0 Å². The molecule has 0 aliphatic carbocycles. The SMILES string of the molecule is CC(C)N(CCCO)c1cnccc1C(N)=S. The molecule has 0 bridgehead atoms. The molecule has 17 heavy (non-hydrogen) atoms. The first kappa shape index (κ1) is 13.9. The third-order valence-corrected chi connectivity index (χ3v) is 2.78. The van der Waals surface area contributed by atoms with Crippen LogP contribution in [-0.2, 0) is 0 Å². The summed E-state index contributed by atoms with van der Waals surface area (Å²) in [6, 6.07) is 2.13. The summed E-state index contributed by atoms with van der Waals surface area (Å²) in [6.07, 6.45) is 4.16. The van der Waals surface area contributed by atoms with Gasteiger partial charge in [0.2, 0.25) is 0 Å². The van der Waals surface area contributed by atoms with Crippen LogP contribution >= 0.6 is 12.2 Å². The lowest BCUT2D eigenvalue weighted by atomic mass is 10.1. The van der Waals surface area contributed by atoms with E-state index < -0.39 is 0 Å². The zero-order valence-corrected chi connectivity index (χ0v) is 11.1. The number of aromatic nitrogens is 1. The number of anilines is 1. The fraction of sp³-hybridized carbons (Fsp3) is 0.500. The van der Waals surface area contributed by atoms with E-state index >= 15 is 0 Å². The quantitative estimate of drug-likeness (QED) is 0.749. The Bertz CT molecular complexity index is 382. The number of aliphatic hydroxyl groups is 1. The molecule has 1 heterocycles. The summed E-state index contributed by atoms with van der Waals surface area (Å²) < 4.78 is 0. The van der Waals surface area contributed by atoms with Gasteiger partial charge in [-0.25, -0.2) is 0 Å². The molecule has 1 aromatic heterocycles. The topological polar surface area (TPSA) is 62.4 Å². The number of thiocarbonyl (C=S) groups is 1. The highest BCUT2D eigenvalue weighted by atomic mass is 32.1. The van der Waals surface area contributed by atoms with Gasteiger partial charge in [-0.3, -0.25) is 4.98 Å². The average molecular weight is 253 g/mol. The van der Waals surface area contributed by atoms with Crippen LogP contribution in [0.15, 0.2) is 18.5 Å². The molecular formula is C12H19N3OS. The Morgan fingerprint density at radius 3 is 2.82 bits per heavy atom. The van der Waals surface area contributed by atoms with E-state index in [1.807, 2.05) is 6.07 Å². The van der Waals surface area contributed by atoms with Crippen LogP contribution in [0.2, 0.25) is 0 Å². The van der Waals surface area contributed by atoms with Crippen molar-refractivity contribution < 1.29 is 5.11 Å².